The molecule has 1 unspecified atom stereocenters. The van der Waals surface area contributed by atoms with Gasteiger partial charge in [-0.25, -0.2) is 0 Å². The maximum atomic E-state index is 8.87. The molecule has 0 radical (unpaired) electrons. The largest absolute Gasteiger partial charge is 0.396 e. The number of hydrogen-bond acceptors (Lipinski definition) is 1. The van der Waals surface area contributed by atoms with Crippen LogP contribution in [-0.4, -0.2) is 11.7 Å². The van der Waals surface area contributed by atoms with Gasteiger partial charge in [0.25, 0.3) is 0 Å². The molecule has 1 heteroatoms. The van der Waals surface area contributed by atoms with E-state index in [-0.39, 0.29) is 0 Å². The molecule has 12 heavy (non-hydrogen) atoms. The standard InChI is InChI=1S/C11H24O/c1-9(2)11(4,5)7-6-10(3)8-12/h9-10,12H,6-8H2,1-5H3. The zero-order valence-corrected chi connectivity index (χ0v) is 9.22. The summed E-state index contributed by atoms with van der Waals surface area (Å²) in [4.78, 5) is 0. The zero-order valence-electron chi connectivity index (χ0n) is 9.22. The van der Waals surface area contributed by atoms with Crippen molar-refractivity contribution in [3.05, 3.63) is 0 Å². The second kappa shape index (κ2) is 4.86. The van der Waals surface area contributed by atoms with Gasteiger partial charge in [0, 0.05) is 6.61 Å². The summed E-state index contributed by atoms with van der Waals surface area (Å²) in [5, 5.41) is 8.87. The summed E-state index contributed by atoms with van der Waals surface area (Å²) in [5.41, 5.74) is 0.420. The Kier molecular flexibility index (Phi) is 4.84. The van der Waals surface area contributed by atoms with Crippen molar-refractivity contribution in [2.24, 2.45) is 17.3 Å². The van der Waals surface area contributed by atoms with E-state index in [9.17, 15) is 0 Å². The smallest absolute Gasteiger partial charge is 0.0456 e. The van der Waals surface area contributed by atoms with Crippen LogP contribution in [0.3, 0.4) is 0 Å². The molecule has 0 heterocycles. The summed E-state index contributed by atoms with van der Waals surface area (Å²) in [7, 11) is 0. The number of aliphatic hydroxyl groups excluding tert-OH is 1. The molecule has 0 spiro atoms. The van der Waals surface area contributed by atoms with Crippen molar-refractivity contribution in [3.63, 3.8) is 0 Å². The lowest BCUT2D eigenvalue weighted by atomic mass is 9.76. The van der Waals surface area contributed by atoms with E-state index in [1.165, 1.54) is 6.42 Å². The quantitative estimate of drug-likeness (QED) is 0.675. The highest BCUT2D eigenvalue weighted by atomic mass is 16.3. The zero-order chi connectivity index (χ0) is 9.78. The highest BCUT2D eigenvalue weighted by Crippen LogP contribution is 2.32. The number of aliphatic hydroxyl groups is 1. The van der Waals surface area contributed by atoms with Crippen molar-refractivity contribution < 1.29 is 5.11 Å². The molecule has 1 atom stereocenters. The van der Waals surface area contributed by atoms with Crippen LogP contribution >= 0.6 is 0 Å². The van der Waals surface area contributed by atoms with E-state index in [2.05, 4.69) is 34.6 Å². The summed E-state index contributed by atoms with van der Waals surface area (Å²) >= 11 is 0. The lowest BCUT2D eigenvalue weighted by Crippen LogP contribution is -2.20. The molecule has 0 rings (SSSR count). The third-order valence-electron chi connectivity index (χ3n) is 3.16. The molecule has 0 saturated heterocycles. The minimum atomic E-state index is 0.328. The van der Waals surface area contributed by atoms with E-state index in [0.717, 1.165) is 12.3 Å². The third kappa shape index (κ3) is 4.10. The Hall–Kier alpha value is -0.0400. The Balaban J connectivity index is 3.75. The maximum absolute atomic E-state index is 8.87. The average Bonchev–Trinajstić information content (AvgIpc) is 2.00. The molecule has 0 aliphatic carbocycles. The Bertz CT molecular complexity index is 116. The van der Waals surface area contributed by atoms with Gasteiger partial charge in [0.2, 0.25) is 0 Å². The van der Waals surface area contributed by atoms with Gasteiger partial charge >= 0.3 is 0 Å². The Labute approximate surface area is 77.2 Å². The second-order valence-electron chi connectivity index (χ2n) is 4.97. The van der Waals surface area contributed by atoms with Gasteiger partial charge in [0.15, 0.2) is 0 Å². The molecule has 0 aliphatic heterocycles. The van der Waals surface area contributed by atoms with Crippen LogP contribution in [0.4, 0.5) is 0 Å². The Morgan fingerprint density at radius 3 is 2.00 bits per heavy atom. The lowest BCUT2D eigenvalue weighted by Gasteiger charge is -2.30. The first-order valence-corrected chi connectivity index (χ1v) is 5.01. The van der Waals surface area contributed by atoms with E-state index in [1.54, 1.807) is 0 Å². The SMILES string of the molecule is CC(CO)CCC(C)(C)C(C)C. The van der Waals surface area contributed by atoms with Crippen LogP contribution in [0.15, 0.2) is 0 Å². The van der Waals surface area contributed by atoms with Crippen LogP contribution in [0.2, 0.25) is 0 Å². The van der Waals surface area contributed by atoms with Crippen molar-refractivity contribution in [1.82, 2.24) is 0 Å². The summed E-state index contributed by atoms with van der Waals surface area (Å²) in [6.45, 7) is 11.6. The van der Waals surface area contributed by atoms with Crippen LogP contribution in [0.5, 0.6) is 0 Å². The van der Waals surface area contributed by atoms with Gasteiger partial charge in [0.1, 0.15) is 0 Å². The van der Waals surface area contributed by atoms with Crippen LogP contribution in [-0.2, 0) is 0 Å². The molecule has 0 fully saturated rings. The second-order valence-corrected chi connectivity index (χ2v) is 4.97. The summed E-state index contributed by atoms with van der Waals surface area (Å²) in [6, 6.07) is 0. The molecule has 0 amide bonds. The van der Waals surface area contributed by atoms with Gasteiger partial charge in [-0.3, -0.25) is 0 Å². The minimum Gasteiger partial charge on any atom is -0.396 e. The molecule has 0 saturated carbocycles. The maximum Gasteiger partial charge on any atom is 0.0456 e. The van der Waals surface area contributed by atoms with E-state index in [4.69, 9.17) is 5.11 Å². The van der Waals surface area contributed by atoms with Gasteiger partial charge in [-0.05, 0) is 30.1 Å². The normalized spacial score (nSPS) is 15.2. The first kappa shape index (κ1) is 12.0. The van der Waals surface area contributed by atoms with Crippen molar-refractivity contribution in [2.45, 2.75) is 47.5 Å². The first-order chi connectivity index (χ1) is 5.40. The van der Waals surface area contributed by atoms with Crippen LogP contribution in [0.1, 0.15) is 47.5 Å². The van der Waals surface area contributed by atoms with E-state index < -0.39 is 0 Å². The molecule has 0 aromatic rings. The fourth-order valence-electron chi connectivity index (χ4n) is 0.998. The van der Waals surface area contributed by atoms with E-state index in [0.29, 0.717) is 17.9 Å². The molecule has 1 nitrogen and oxygen atoms in total. The summed E-state index contributed by atoms with van der Waals surface area (Å²) < 4.78 is 0. The summed E-state index contributed by atoms with van der Waals surface area (Å²) in [6.07, 6.45) is 2.36. The number of hydrogen-bond donors (Lipinski definition) is 1. The molecule has 0 aliphatic rings. The number of rotatable bonds is 5. The fourth-order valence-corrected chi connectivity index (χ4v) is 0.998. The Morgan fingerprint density at radius 1 is 1.17 bits per heavy atom. The highest BCUT2D eigenvalue weighted by molar-refractivity contribution is 4.73. The average molecular weight is 172 g/mol. The molecular weight excluding hydrogens is 148 g/mol. The van der Waals surface area contributed by atoms with E-state index >= 15 is 0 Å². The van der Waals surface area contributed by atoms with Gasteiger partial charge in [-0.2, -0.15) is 0 Å². The van der Waals surface area contributed by atoms with Crippen molar-refractivity contribution in [2.75, 3.05) is 6.61 Å². The topological polar surface area (TPSA) is 20.2 Å². The van der Waals surface area contributed by atoms with Gasteiger partial charge < -0.3 is 5.11 Å². The van der Waals surface area contributed by atoms with Crippen molar-refractivity contribution >= 4 is 0 Å². The molecule has 0 bridgehead atoms. The fraction of sp³-hybridized carbons (Fsp3) is 1.00. The van der Waals surface area contributed by atoms with E-state index in [1.807, 2.05) is 0 Å². The van der Waals surface area contributed by atoms with Crippen molar-refractivity contribution in [1.29, 1.82) is 0 Å². The molecule has 0 aromatic carbocycles. The predicted molar refractivity (Wildman–Crippen MR) is 54.1 cm³/mol. The first-order valence-electron chi connectivity index (χ1n) is 5.01. The molecule has 1 N–H and O–H groups in total. The third-order valence-corrected chi connectivity index (χ3v) is 3.16. The van der Waals surface area contributed by atoms with Gasteiger partial charge in [0.05, 0.1) is 0 Å². The van der Waals surface area contributed by atoms with Gasteiger partial charge in [-0.1, -0.05) is 34.6 Å². The molecule has 0 aromatic heterocycles. The molecule has 74 valence electrons. The lowest BCUT2D eigenvalue weighted by molar-refractivity contribution is 0.177. The summed E-state index contributed by atoms with van der Waals surface area (Å²) in [5.74, 6) is 1.19. The van der Waals surface area contributed by atoms with Crippen LogP contribution in [0, 0.1) is 17.3 Å². The highest BCUT2D eigenvalue weighted by Gasteiger charge is 2.22. The Morgan fingerprint density at radius 2 is 1.67 bits per heavy atom. The minimum absolute atomic E-state index is 0.328. The van der Waals surface area contributed by atoms with Gasteiger partial charge in [-0.15, -0.1) is 0 Å². The monoisotopic (exact) mass is 172 g/mol. The van der Waals surface area contributed by atoms with Crippen LogP contribution in [0.25, 0.3) is 0 Å². The van der Waals surface area contributed by atoms with Crippen molar-refractivity contribution in [3.8, 4) is 0 Å². The predicted octanol–water partition coefficient (Wildman–Crippen LogP) is 3.08. The van der Waals surface area contributed by atoms with Crippen LogP contribution < -0.4 is 0 Å². The molecular formula is C11H24O.